The Morgan fingerprint density at radius 3 is 2.70 bits per heavy atom. The maximum atomic E-state index is 12.5. The highest BCUT2D eigenvalue weighted by Gasteiger charge is 2.29. The molecule has 3 N–H and O–H groups in total. The van der Waals surface area contributed by atoms with E-state index in [4.69, 9.17) is 4.74 Å². The van der Waals surface area contributed by atoms with Crippen LogP contribution >= 0.6 is 0 Å². The van der Waals surface area contributed by atoms with Gasteiger partial charge in [-0.05, 0) is 26.0 Å². The van der Waals surface area contributed by atoms with Gasteiger partial charge in [-0.1, -0.05) is 0 Å². The van der Waals surface area contributed by atoms with Crippen LogP contribution in [-0.4, -0.2) is 45.6 Å². The van der Waals surface area contributed by atoms with Gasteiger partial charge in [-0.25, -0.2) is 4.21 Å². The fourth-order valence-corrected chi connectivity index (χ4v) is 3.78. The van der Waals surface area contributed by atoms with E-state index in [2.05, 4.69) is 10.0 Å². The second-order valence-electron chi connectivity index (χ2n) is 6.48. The number of nitrogens with one attached hydrogen (secondary N) is 2. The first-order valence-corrected chi connectivity index (χ1v) is 9.59. The first kappa shape index (κ1) is 19.2. The minimum Gasteiger partial charge on any atom is -0.506 e. The monoisotopic (exact) mass is 394 g/mol. The predicted molar refractivity (Wildman–Crippen MR) is 104 cm³/mol. The molecule has 1 amide bonds. The van der Waals surface area contributed by atoms with Gasteiger partial charge in [-0.15, -0.1) is 0 Å². The first-order chi connectivity index (χ1) is 12.8. The molecule has 0 aliphatic carbocycles. The highest BCUT2D eigenvalue weighted by atomic mass is 32.2. The van der Waals surface area contributed by atoms with E-state index >= 15 is 0 Å². The van der Waals surface area contributed by atoms with Crippen LogP contribution in [0.15, 0.2) is 23.0 Å². The largest absolute Gasteiger partial charge is 0.506 e. The molecule has 10 heteroatoms. The van der Waals surface area contributed by atoms with Crippen molar-refractivity contribution in [3.05, 3.63) is 28.6 Å². The third kappa shape index (κ3) is 3.91. The van der Waals surface area contributed by atoms with Crippen LogP contribution in [0.2, 0.25) is 0 Å². The van der Waals surface area contributed by atoms with E-state index in [1.807, 2.05) is 13.8 Å². The molecule has 0 spiro atoms. The number of carbonyl (C=O) groups excluding carboxylic acids is 1. The van der Waals surface area contributed by atoms with Gasteiger partial charge < -0.3 is 19.7 Å². The average Bonchev–Trinajstić information content (AvgIpc) is 2.94. The third-order valence-electron chi connectivity index (χ3n) is 4.15. The number of benzene rings is 1. The maximum Gasteiger partial charge on any atom is 0.274 e. The number of anilines is 2. The quantitative estimate of drug-likeness (QED) is 0.619. The number of carbonyl (C=O) groups is 1. The molecular formula is C17H22N4O5S. The fourth-order valence-electron chi connectivity index (χ4n) is 2.85. The zero-order valence-electron chi connectivity index (χ0n) is 15.3. The highest BCUT2D eigenvalue weighted by molar-refractivity contribution is 7.85. The zero-order chi connectivity index (χ0) is 19.7. The lowest BCUT2D eigenvalue weighted by Crippen LogP contribution is -2.24. The summed E-state index contributed by atoms with van der Waals surface area (Å²) >= 11 is -1.75. The van der Waals surface area contributed by atoms with Crippen LogP contribution < -0.4 is 19.9 Å². The number of amides is 1. The van der Waals surface area contributed by atoms with Crippen molar-refractivity contribution in [3.63, 3.8) is 0 Å². The number of rotatable bonds is 6. The summed E-state index contributed by atoms with van der Waals surface area (Å²) < 4.78 is 22.4. The van der Waals surface area contributed by atoms with Crippen LogP contribution in [0.4, 0.5) is 11.4 Å². The minimum atomic E-state index is -1.75. The van der Waals surface area contributed by atoms with Gasteiger partial charge >= 0.3 is 0 Å². The number of aromatic hydroxyl groups is 1. The van der Waals surface area contributed by atoms with Crippen molar-refractivity contribution in [1.29, 1.82) is 0 Å². The molecule has 3 rings (SSSR count). The molecule has 1 aromatic heterocycles. The topological polar surface area (TPSA) is 113 Å². The molecule has 1 aliphatic heterocycles. The van der Waals surface area contributed by atoms with Crippen molar-refractivity contribution >= 4 is 39.4 Å². The van der Waals surface area contributed by atoms with Gasteiger partial charge in [0.05, 0.1) is 23.9 Å². The molecule has 9 nitrogen and oxygen atoms in total. The number of hydrogen-bond donors (Lipinski definition) is 3. The van der Waals surface area contributed by atoms with Crippen LogP contribution in [0.5, 0.6) is 5.75 Å². The predicted octanol–water partition coefficient (Wildman–Crippen LogP) is 0.596. The van der Waals surface area contributed by atoms with E-state index in [0.29, 0.717) is 29.7 Å². The van der Waals surface area contributed by atoms with E-state index < -0.39 is 11.2 Å². The first-order valence-electron chi connectivity index (χ1n) is 8.49. The Morgan fingerprint density at radius 2 is 2.07 bits per heavy atom. The zero-order valence-corrected chi connectivity index (χ0v) is 16.1. The summed E-state index contributed by atoms with van der Waals surface area (Å²) in [5, 5.41) is 14.0. The van der Waals surface area contributed by atoms with Crippen molar-refractivity contribution in [3.8, 4) is 5.75 Å². The molecule has 0 bridgehead atoms. The van der Waals surface area contributed by atoms with Gasteiger partial charge in [0.2, 0.25) is 11.2 Å². The lowest BCUT2D eigenvalue weighted by atomic mass is 10.1. The summed E-state index contributed by atoms with van der Waals surface area (Å²) in [4.78, 5) is 24.0. The second-order valence-corrected chi connectivity index (χ2v) is 7.62. The molecule has 0 saturated carbocycles. The van der Waals surface area contributed by atoms with Crippen molar-refractivity contribution in [2.75, 3.05) is 29.3 Å². The van der Waals surface area contributed by atoms with Crippen molar-refractivity contribution in [2.45, 2.75) is 20.0 Å². The number of aryl methyl sites for hydroxylation is 1. The number of phenols is 1. The van der Waals surface area contributed by atoms with Gasteiger partial charge in [-0.2, -0.15) is 0 Å². The van der Waals surface area contributed by atoms with Crippen molar-refractivity contribution in [2.24, 2.45) is 7.05 Å². The Kier molecular flexibility index (Phi) is 5.38. The number of hydrogen-bond acceptors (Lipinski definition) is 6. The Morgan fingerprint density at radius 1 is 1.33 bits per heavy atom. The number of phenolic OH excluding ortho intramolecular Hbond substituents is 1. The Hall–Kier alpha value is -2.59. The molecule has 1 saturated heterocycles. The molecule has 27 heavy (non-hydrogen) atoms. The lowest BCUT2D eigenvalue weighted by molar-refractivity contribution is -0.117. The fraction of sp³-hybridized carbons (Fsp3) is 0.412. The van der Waals surface area contributed by atoms with Crippen molar-refractivity contribution in [1.82, 2.24) is 9.29 Å². The second kappa shape index (κ2) is 7.57. The highest BCUT2D eigenvalue weighted by Crippen LogP contribution is 2.34. The number of fused-ring (bicyclic) bond motifs is 1. The summed E-state index contributed by atoms with van der Waals surface area (Å²) in [7, 11) is 1.61. The Labute approximate surface area is 158 Å². The third-order valence-corrected chi connectivity index (χ3v) is 5.27. The van der Waals surface area contributed by atoms with Crippen LogP contribution in [-0.2, 0) is 27.8 Å². The van der Waals surface area contributed by atoms with Gasteiger partial charge in [0, 0.05) is 25.0 Å². The van der Waals surface area contributed by atoms with Crippen LogP contribution in [0.3, 0.4) is 0 Å². The Bertz CT molecular complexity index is 972. The van der Waals surface area contributed by atoms with E-state index in [0.717, 1.165) is 0 Å². The number of nitrogens with zero attached hydrogens (tertiary/aromatic N) is 2. The summed E-state index contributed by atoms with van der Waals surface area (Å²) in [6, 6.07) is 4.71. The van der Waals surface area contributed by atoms with Gasteiger partial charge in [0.1, 0.15) is 18.0 Å². The smallest absolute Gasteiger partial charge is 0.274 e. The van der Waals surface area contributed by atoms with E-state index in [-0.39, 0.29) is 35.6 Å². The van der Waals surface area contributed by atoms with Crippen LogP contribution in [0.25, 0.3) is 10.9 Å². The normalized spacial score (nSPS) is 17.0. The minimum absolute atomic E-state index is 0.106. The number of ether oxygens (including phenoxy) is 1. The van der Waals surface area contributed by atoms with E-state index in [9.17, 15) is 18.9 Å². The standard InChI is InChI=1S/C17H22N4O5S/c1-10(2)26-5-4-18-12-6-11-7-14(21-9-16(23)19-27(21)25)15(22)8-13(11)20(3)17(12)24/h6-8,10,18,22H,4-5,9H2,1-3H3,(H,19,23). The summed E-state index contributed by atoms with van der Waals surface area (Å²) in [6.45, 7) is 4.68. The van der Waals surface area contributed by atoms with Crippen LogP contribution in [0.1, 0.15) is 13.8 Å². The Balaban J connectivity index is 1.97. The number of aromatic nitrogens is 1. The van der Waals surface area contributed by atoms with E-state index in [1.165, 1.54) is 14.9 Å². The average molecular weight is 394 g/mol. The molecule has 1 atom stereocenters. The van der Waals surface area contributed by atoms with E-state index in [1.54, 1.807) is 19.2 Å². The number of pyridine rings is 1. The van der Waals surface area contributed by atoms with Gasteiger partial charge in [0.15, 0.2) is 0 Å². The van der Waals surface area contributed by atoms with Crippen LogP contribution in [0, 0.1) is 0 Å². The summed E-state index contributed by atoms with van der Waals surface area (Å²) in [5.41, 5.74) is 0.938. The molecule has 1 unspecified atom stereocenters. The SMILES string of the molecule is CC(C)OCCNc1cc2cc(N3CC(=O)NS3=O)c(O)cc2n(C)c1=O. The lowest BCUT2D eigenvalue weighted by Gasteiger charge is -2.17. The van der Waals surface area contributed by atoms with Gasteiger partial charge in [0.25, 0.3) is 11.5 Å². The molecule has 1 aromatic carbocycles. The van der Waals surface area contributed by atoms with Gasteiger partial charge in [-0.3, -0.25) is 18.6 Å². The molecule has 2 aromatic rings. The molecule has 1 aliphatic rings. The molecular weight excluding hydrogens is 372 g/mol. The molecule has 146 valence electrons. The maximum absolute atomic E-state index is 12.5. The molecule has 1 fully saturated rings. The van der Waals surface area contributed by atoms with Crippen molar-refractivity contribution < 1.29 is 18.8 Å². The summed E-state index contributed by atoms with van der Waals surface area (Å²) in [5.74, 6) is -0.547. The summed E-state index contributed by atoms with van der Waals surface area (Å²) in [6.07, 6.45) is 0.106. The molecule has 0 radical (unpaired) electrons. The molecule has 2 heterocycles.